The second kappa shape index (κ2) is 5.23. The fraction of sp³-hybridized carbons (Fsp3) is 0.467. The number of hydrogen-bond donors (Lipinski definition) is 2. The molecule has 2 heterocycles. The van der Waals surface area contributed by atoms with Crippen LogP contribution in [0.1, 0.15) is 11.1 Å². The van der Waals surface area contributed by atoms with Crippen LogP contribution < -0.4 is 10.1 Å². The topological polar surface area (TPSA) is 40.3 Å². The Morgan fingerprint density at radius 1 is 1.26 bits per heavy atom. The van der Waals surface area contributed by atoms with Gasteiger partial charge >= 0.3 is 0 Å². The van der Waals surface area contributed by atoms with E-state index >= 15 is 0 Å². The molecule has 0 atom stereocenters. The first-order valence-corrected chi connectivity index (χ1v) is 6.85. The maximum absolute atomic E-state index is 5.38. The summed E-state index contributed by atoms with van der Waals surface area (Å²) in [6, 6.07) is 4.21. The van der Waals surface area contributed by atoms with E-state index in [1.165, 1.54) is 22.0 Å². The Morgan fingerprint density at radius 2 is 2.05 bits per heavy atom. The van der Waals surface area contributed by atoms with E-state index in [2.05, 4.69) is 40.5 Å². The van der Waals surface area contributed by atoms with Crippen molar-refractivity contribution in [3.8, 4) is 5.75 Å². The average Bonchev–Trinajstić information content (AvgIpc) is 2.83. The molecule has 0 saturated carbocycles. The number of benzene rings is 1. The largest absolute Gasteiger partial charge is 0.497 e. The number of fused-ring (bicyclic) bond motifs is 1. The number of ether oxygens (including phenoxy) is 1. The van der Waals surface area contributed by atoms with E-state index in [9.17, 15) is 0 Å². The van der Waals surface area contributed by atoms with E-state index in [1.807, 2.05) is 0 Å². The van der Waals surface area contributed by atoms with Crippen molar-refractivity contribution in [1.82, 2.24) is 15.2 Å². The quantitative estimate of drug-likeness (QED) is 0.884. The summed E-state index contributed by atoms with van der Waals surface area (Å²) in [4.78, 5) is 5.89. The number of H-pyrrole nitrogens is 1. The van der Waals surface area contributed by atoms with Gasteiger partial charge in [0.1, 0.15) is 5.75 Å². The summed E-state index contributed by atoms with van der Waals surface area (Å²) in [5, 5.41) is 4.68. The van der Waals surface area contributed by atoms with Gasteiger partial charge in [-0.3, -0.25) is 4.90 Å². The van der Waals surface area contributed by atoms with Gasteiger partial charge in [-0.25, -0.2) is 0 Å². The Bertz CT molecular complexity index is 570. The molecule has 1 aromatic heterocycles. The SMILES string of the molecule is COc1cc(C)c2[nH]cc(CN3CCNCC3)c2c1. The lowest BCUT2D eigenvalue weighted by atomic mass is 10.1. The van der Waals surface area contributed by atoms with Crippen molar-refractivity contribution < 1.29 is 4.74 Å². The van der Waals surface area contributed by atoms with Gasteiger partial charge in [0.2, 0.25) is 0 Å². The van der Waals surface area contributed by atoms with Crippen LogP contribution in [0.5, 0.6) is 5.75 Å². The second-order valence-corrected chi connectivity index (χ2v) is 5.21. The number of nitrogens with one attached hydrogen (secondary N) is 2. The highest BCUT2D eigenvalue weighted by atomic mass is 16.5. The van der Waals surface area contributed by atoms with Gasteiger partial charge in [-0.05, 0) is 30.2 Å². The molecule has 1 aliphatic heterocycles. The summed E-state index contributed by atoms with van der Waals surface area (Å²) < 4.78 is 5.38. The number of hydrogen-bond acceptors (Lipinski definition) is 3. The Morgan fingerprint density at radius 3 is 2.79 bits per heavy atom. The molecule has 102 valence electrons. The molecule has 2 N–H and O–H groups in total. The summed E-state index contributed by atoms with van der Waals surface area (Å²) in [6.45, 7) is 7.55. The molecule has 1 saturated heterocycles. The van der Waals surface area contributed by atoms with E-state index < -0.39 is 0 Å². The molecular formula is C15H21N3O. The van der Waals surface area contributed by atoms with E-state index in [0.717, 1.165) is 38.5 Å². The molecule has 0 aliphatic carbocycles. The lowest BCUT2D eigenvalue weighted by Gasteiger charge is -2.26. The first-order valence-electron chi connectivity index (χ1n) is 6.85. The monoisotopic (exact) mass is 259 g/mol. The molecule has 3 rings (SSSR count). The van der Waals surface area contributed by atoms with Crippen LogP contribution in [0.4, 0.5) is 0 Å². The summed E-state index contributed by atoms with van der Waals surface area (Å²) in [6.07, 6.45) is 2.14. The van der Waals surface area contributed by atoms with Crippen molar-refractivity contribution in [2.75, 3.05) is 33.3 Å². The van der Waals surface area contributed by atoms with Gasteiger partial charge in [0.05, 0.1) is 7.11 Å². The predicted molar refractivity (Wildman–Crippen MR) is 77.7 cm³/mol. The number of nitrogens with zero attached hydrogens (tertiary/aromatic N) is 1. The van der Waals surface area contributed by atoms with Gasteiger partial charge in [0.15, 0.2) is 0 Å². The van der Waals surface area contributed by atoms with Crippen LogP contribution >= 0.6 is 0 Å². The Hall–Kier alpha value is -1.52. The molecule has 0 amide bonds. The lowest BCUT2D eigenvalue weighted by Crippen LogP contribution is -2.42. The van der Waals surface area contributed by atoms with Crippen molar-refractivity contribution in [3.63, 3.8) is 0 Å². The maximum atomic E-state index is 5.38. The molecule has 4 nitrogen and oxygen atoms in total. The van der Waals surface area contributed by atoms with Crippen molar-refractivity contribution in [3.05, 3.63) is 29.5 Å². The molecule has 0 unspecified atom stereocenters. The van der Waals surface area contributed by atoms with Crippen LogP contribution in [-0.2, 0) is 6.54 Å². The lowest BCUT2D eigenvalue weighted by molar-refractivity contribution is 0.234. The molecule has 2 aromatic rings. The molecule has 0 radical (unpaired) electrons. The highest BCUT2D eigenvalue weighted by molar-refractivity contribution is 5.87. The maximum Gasteiger partial charge on any atom is 0.119 e. The van der Waals surface area contributed by atoms with Crippen molar-refractivity contribution in [2.24, 2.45) is 0 Å². The zero-order chi connectivity index (χ0) is 13.2. The van der Waals surface area contributed by atoms with Gasteiger partial charge in [-0.1, -0.05) is 0 Å². The van der Waals surface area contributed by atoms with Crippen molar-refractivity contribution in [1.29, 1.82) is 0 Å². The zero-order valence-corrected chi connectivity index (χ0v) is 11.6. The third kappa shape index (κ3) is 2.46. The smallest absolute Gasteiger partial charge is 0.119 e. The number of methoxy groups -OCH3 is 1. The first kappa shape index (κ1) is 12.5. The minimum absolute atomic E-state index is 0.936. The van der Waals surface area contributed by atoms with E-state index in [4.69, 9.17) is 4.74 Å². The average molecular weight is 259 g/mol. The summed E-state index contributed by atoms with van der Waals surface area (Å²) in [7, 11) is 1.73. The number of aryl methyl sites for hydroxylation is 1. The number of piperazine rings is 1. The number of rotatable bonds is 3. The van der Waals surface area contributed by atoms with Gasteiger partial charge < -0.3 is 15.0 Å². The zero-order valence-electron chi connectivity index (χ0n) is 11.6. The Labute approximate surface area is 113 Å². The molecule has 4 heteroatoms. The summed E-state index contributed by atoms with van der Waals surface area (Å²) in [5.41, 5.74) is 3.82. The predicted octanol–water partition coefficient (Wildman–Crippen LogP) is 1.89. The van der Waals surface area contributed by atoms with Gasteiger partial charge in [0, 0.05) is 49.8 Å². The van der Waals surface area contributed by atoms with Crippen molar-refractivity contribution >= 4 is 10.9 Å². The third-order valence-corrected chi connectivity index (χ3v) is 3.88. The van der Waals surface area contributed by atoms with Crippen LogP contribution in [0.15, 0.2) is 18.3 Å². The van der Waals surface area contributed by atoms with Crippen molar-refractivity contribution in [2.45, 2.75) is 13.5 Å². The minimum Gasteiger partial charge on any atom is -0.497 e. The van der Waals surface area contributed by atoms with Crippen LogP contribution in [0.2, 0.25) is 0 Å². The second-order valence-electron chi connectivity index (χ2n) is 5.21. The van der Waals surface area contributed by atoms with Crippen LogP contribution in [-0.4, -0.2) is 43.2 Å². The first-order chi connectivity index (χ1) is 9.28. The highest BCUT2D eigenvalue weighted by Crippen LogP contribution is 2.27. The molecular weight excluding hydrogens is 238 g/mol. The highest BCUT2D eigenvalue weighted by Gasteiger charge is 2.13. The number of aromatic amines is 1. The van der Waals surface area contributed by atoms with E-state index in [-0.39, 0.29) is 0 Å². The Kier molecular flexibility index (Phi) is 3.44. The van der Waals surface area contributed by atoms with Crippen LogP contribution in [0.3, 0.4) is 0 Å². The van der Waals surface area contributed by atoms with Gasteiger partial charge in [-0.15, -0.1) is 0 Å². The van der Waals surface area contributed by atoms with Crippen LogP contribution in [0.25, 0.3) is 10.9 Å². The van der Waals surface area contributed by atoms with Gasteiger partial charge in [-0.2, -0.15) is 0 Å². The van der Waals surface area contributed by atoms with E-state index in [1.54, 1.807) is 7.11 Å². The van der Waals surface area contributed by atoms with E-state index in [0.29, 0.717) is 0 Å². The standard InChI is InChI=1S/C15H21N3O/c1-11-7-13(19-2)8-14-12(9-17-15(11)14)10-18-5-3-16-4-6-18/h7-9,16-17H,3-6,10H2,1-2H3. The van der Waals surface area contributed by atoms with Crippen LogP contribution in [0, 0.1) is 6.92 Å². The molecule has 1 fully saturated rings. The summed E-state index contributed by atoms with van der Waals surface area (Å²) in [5.74, 6) is 0.936. The normalized spacial score (nSPS) is 16.9. The summed E-state index contributed by atoms with van der Waals surface area (Å²) >= 11 is 0. The third-order valence-electron chi connectivity index (χ3n) is 3.88. The molecule has 0 bridgehead atoms. The number of aromatic nitrogens is 1. The minimum atomic E-state index is 0.936. The Balaban J connectivity index is 1.92. The van der Waals surface area contributed by atoms with Gasteiger partial charge in [0.25, 0.3) is 0 Å². The molecule has 19 heavy (non-hydrogen) atoms. The molecule has 1 aromatic carbocycles. The fourth-order valence-corrected chi connectivity index (χ4v) is 2.79. The molecule has 0 spiro atoms. The fourth-order valence-electron chi connectivity index (χ4n) is 2.79. The molecule has 1 aliphatic rings.